The van der Waals surface area contributed by atoms with Crippen LogP contribution in [0.1, 0.15) is 20.8 Å². The molecule has 0 spiro atoms. The molecule has 0 aliphatic carbocycles. The molecule has 0 radical (unpaired) electrons. The Hall–Kier alpha value is -1.76. The topological polar surface area (TPSA) is 72.9 Å². The van der Waals surface area contributed by atoms with Crippen LogP contribution in [0, 0.1) is 0 Å². The van der Waals surface area contributed by atoms with Crippen molar-refractivity contribution in [3.05, 3.63) is 24.3 Å². The Labute approximate surface area is 125 Å². The Morgan fingerprint density at radius 3 is 2.19 bits per heavy atom. The standard InChI is InChI=1S/C14H21NO5S/c1-5-19-13-9-7-12(8-10-13)15(21(4,17)18)11(3)14(16)20-6-2/h7-11H,5-6H2,1-4H3/t11-/m1/s1. The van der Waals surface area contributed by atoms with Gasteiger partial charge in [-0.25, -0.2) is 13.2 Å². The summed E-state index contributed by atoms with van der Waals surface area (Å²) >= 11 is 0. The van der Waals surface area contributed by atoms with Gasteiger partial charge in [0.2, 0.25) is 10.0 Å². The molecule has 1 aromatic rings. The number of hydrogen-bond acceptors (Lipinski definition) is 5. The van der Waals surface area contributed by atoms with Crippen LogP contribution in [0.15, 0.2) is 24.3 Å². The summed E-state index contributed by atoms with van der Waals surface area (Å²) in [7, 11) is -3.61. The first-order valence-electron chi connectivity index (χ1n) is 6.70. The molecule has 0 fully saturated rings. The second kappa shape index (κ2) is 7.31. The molecule has 6 nitrogen and oxygen atoms in total. The molecular weight excluding hydrogens is 294 g/mol. The summed E-state index contributed by atoms with van der Waals surface area (Å²) in [5, 5.41) is 0. The van der Waals surface area contributed by atoms with Gasteiger partial charge in [0.1, 0.15) is 11.8 Å². The fourth-order valence-corrected chi connectivity index (χ4v) is 3.08. The molecule has 1 atom stereocenters. The van der Waals surface area contributed by atoms with Crippen LogP contribution in [0.3, 0.4) is 0 Å². The van der Waals surface area contributed by atoms with E-state index in [0.717, 1.165) is 10.6 Å². The molecule has 0 N–H and O–H groups in total. The number of esters is 1. The number of carbonyl (C=O) groups is 1. The van der Waals surface area contributed by atoms with Crippen LogP contribution >= 0.6 is 0 Å². The first-order valence-corrected chi connectivity index (χ1v) is 8.55. The minimum atomic E-state index is -3.61. The molecule has 7 heteroatoms. The monoisotopic (exact) mass is 315 g/mol. The van der Waals surface area contributed by atoms with Crippen molar-refractivity contribution in [2.24, 2.45) is 0 Å². The molecule has 0 aliphatic rings. The van der Waals surface area contributed by atoms with Gasteiger partial charge in [-0.15, -0.1) is 0 Å². The lowest BCUT2D eigenvalue weighted by molar-refractivity contribution is -0.144. The van der Waals surface area contributed by atoms with Crippen LogP contribution in [-0.2, 0) is 19.6 Å². The molecule has 1 aromatic carbocycles. The third-order valence-corrected chi connectivity index (χ3v) is 3.98. The van der Waals surface area contributed by atoms with Crippen LogP contribution in [0.5, 0.6) is 5.75 Å². The maximum Gasteiger partial charge on any atom is 0.329 e. The molecule has 0 heterocycles. The van der Waals surface area contributed by atoms with Gasteiger partial charge in [0.15, 0.2) is 0 Å². The van der Waals surface area contributed by atoms with Crippen molar-refractivity contribution < 1.29 is 22.7 Å². The normalized spacial score (nSPS) is 12.6. The van der Waals surface area contributed by atoms with Crippen molar-refractivity contribution >= 4 is 21.7 Å². The van der Waals surface area contributed by atoms with E-state index in [1.807, 2.05) is 6.92 Å². The maximum absolute atomic E-state index is 12.0. The minimum Gasteiger partial charge on any atom is -0.494 e. The molecule has 0 aliphatic heterocycles. The molecule has 21 heavy (non-hydrogen) atoms. The lowest BCUT2D eigenvalue weighted by Crippen LogP contribution is -2.43. The summed E-state index contributed by atoms with van der Waals surface area (Å²) in [6.07, 6.45) is 1.05. The summed E-state index contributed by atoms with van der Waals surface area (Å²) in [5.74, 6) is 0.0512. The molecule has 0 unspecified atom stereocenters. The van der Waals surface area contributed by atoms with Gasteiger partial charge in [-0.05, 0) is 45.0 Å². The largest absolute Gasteiger partial charge is 0.494 e. The molecule has 0 amide bonds. The summed E-state index contributed by atoms with van der Waals surface area (Å²) in [6, 6.07) is 5.59. The zero-order chi connectivity index (χ0) is 16.0. The van der Waals surface area contributed by atoms with E-state index in [1.165, 1.54) is 6.92 Å². The Bertz CT molecular complexity index is 568. The van der Waals surface area contributed by atoms with E-state index in [1.54, 1.807) is 31.2 Å². The van der Waals surface area contributed by atoms with E-state index in [9.17, 15) is 13.2 Å². The Morgan fingerprint density at radius 1 is 1.19 bits per heavy atom. The number of benzene rings is 1. The highest BCUT2D eigenvalue weighted by Gasteiger charge is 2.30. The van der Waals surface area contributed by atoms with Crippen molar-refractivity contribution in [1.82, 2.24) is 0 Å². The predicted octanol–water partition coefficient (Wildman–Crippen LogP) is 1.80. The van der Waals surface area contributed by atoms with Gasteiger partial charge in [0.05, 0.1) is 25.2 Å². The quantitative estimate of drug-likeness (QED) is 0.717. The van der Waals surface area contributed by atoms with E-state index in [4.69, 9.17) is 9.47 Å². The van der Waals surface area contributed by atoms with E-state index in [-0.39, 0.29) is 6.61 Å². The molecule has 0 bridgehead atoms. The zero-order valence-corrected chi connectivity index (χ0v) is 13.5. The Kier molecular flexibility index (Phi) is 6.02. The fraction of sp³-hybridized carbons (Fsp3) is 0.500. The Balaban J connectivity index is 3.11. The number of anilines is 1. The second-order valence-corrected chi connectivity index (χ2v) is 6.27. The summed E-state index contributed by atoms with van der Waals surface area (Å²) in [4.78, 5) is 11.8. The van der Waals surface area contributed by atoms with Crippen molar-refractivity contribution in [2.45, 2.75) is 26.8 Å². The number of ether oxygens (including phenoxy) is 2. The van der Waals surface area contributed by atoms with Crippen molar-refractivity contribution in [1.29, 1.82) is 0 Å². The molecule has 1 rings (SSSR count). The van der Waals surface area contributed by atoms with Crippen LogP contribution < -0.4 is 9.04 Å². The van der Waals surface area contributed by atoms with Gasteiger partial charge in [0, 0.05) is 0 Å². The van der Waals surface area contributed by atoms with Crippen molar-refractivity contribution in [2.75, 3.05) is 23.8 Å². The predicted molar refractivity (Wildman–Crippen MR) is 81.0 cm³/mol. The fourth-order valence-electron chi connectivity index (χ4n) is 1.92. The van der Waals surface area contributed by atoms with E-state index < -0.39 is 22.0 Å². The summed E-state index contributed by atoms with van der Waals surface area (Å²) < 4.78 is 35.2. The second-order valence-electron chi connectivity index (χ2n) is 4.41. The van der Waals surface area contributed by atoms with Gasteiger partial charge in [0.25, 0.3) is 0 Å². The highest BCUT2D eigenvalue weighted by atomic mass is 32.2. The number of rotatable bonds is 7. The first kappa shape index (κ1) is 17.3. The molecule has 0 aromatic heterocycles. The average molecular weight is 315 g/mol. The number of nitrogens with zero attached hydrogens (tertiary/aromatic N) is 1. The average Bonchev–Trinajstić information content (AvgIpc) is 2.40. The third-order valence-electron chi connectivity index (χ3n) is 2.74. The highest BCUT2D eigenvalue weighted by molar-refractivity contribution is 7.92. The van der Waals surface area contributed by atoms with Gasteiger partial charge < -0.3 is 9.47 Å². The molecular formula is C14H21NO5S. The molecule has 0 saturated carbocycles. The third kappa shape index (κ3) is 4.63. The first-order chi connectivity index (χ1) is 9.81. The van der Waals surface area contributed by atoms with E-state index in [2.05, 4.69) is 0 Å². The zero-order valence-electron chi connectivity index (χ0n) is 12.7. The van der Waals surface area contributed by atoms with Crippen LogP contribution in [0.4, 0.5) is 5.69 Å². The van der Waals surface area contributed by atoms with Crippen LogP contribution in [-0.4, -0.2) is 39.9 Å². The molecule has 118 valence electrons. The summed E-state index contributed by atoms with van der Waals surface area (Å²) in [5.41, 5.74) is 0.390. The number of carbonyl (C=O) groups excluding carboxylic acids is 1. The SMILES string of the molecule is CCOC(=O)[C@@H](C)N(c1ccc(OCC)cc1)S(C)(=O)=O. The number of sulfonamides is 1. The van der Waals surface area contributed by atoms with Crippen LogP contribution in [0.2, 0.25) is 0 Å². The summed E-state index contributed by atoms with van der Waals surface area (Å²) in [6.45, 7) is 5.75. The van der Waals surface area contributed by atoms with Crippen molar-refractivity contribution in [3.8, 4) is 5.75 Å². The van der Waals surface area contributed by atoms with E-state index in [0.29, 0.717) is 18.0 Å². The smallest absolute Gasteiger partial charge is 0.329 e. The van der Waals surface area contributed by atoms with Gasteiger partial charge in [-0.2, -0.15) is 0 Å². The lowest BCUT2D eigenvalue weighted by atomic mass is 10.2. The Morgan fingerprint density at radius 2 is 1.76 bits per heavy atom. The van der Waals surface area contributed by atoms with Crippen molar-refractivity contribution in [3.63, 3.8) is 0 Å². The minimum absolute atomic E-state index is 0.198. The van der Waals surface area contributed by atoms with Gasteiger partial charge >= 0.3 is 5.97 Å². The number of hydrogen-bond donors (Lipinski definition) is 0. The van der Waals surface area contributed by atoms with Gasteiger partial charge in [-0.3, -0.25) is 4.31 Å². The maximum atomic E-state index is 12.0. The van der Waals surface area contributed by atoms with Crippen LogP contribution in [0.25, 0.3) is 0 Å². The van der Waals surface area contributed by atoms with E-state index >= 15 is 0 Å². The van der Waals surface area contributed by atoms with Gasteiger partial charge in [-0.1, -0.05) is 0 Å². The highest BCUT2D eigenvalue weighted by Crippen LogP contribution is 2.24. The lowest BCUT2D eigenvalue weighted by Gasteiger charge is -2.27. The molecule has 0 saturated heterocycles.